The standard InChI is InChI=1S/C14H15N3/c1-10-16-12-7-11(3-4-13(12)17(10)2)8-14(9-15)5-6-14/h3-4,7H,5-6,8H2,1-2H3. The molecule has 1 aromatic carbocycles. The minimum absolute atomic E-state index is 0.0719. The van der Waals surface area contributed by atoms with Crippen molar-refractivity contribution < 1.29 is 0 Å². The predicted molar refractivity (Wildman–Crippen MR) is 66.4 cm³/mol. The Kier molecular flexibility index (Phi) is 2.03. The maximum Gasteiger partial charge on any atom is 0.106 e. The lowest BCUT2D eigenvalue weighted by Crippen LogP contribution is -2.01. The molecular formula is C14H15N3. The fraction of sp³-hybridized carbons (Fsp3) is 0.429. The van der Waals surface area contributed by atoms with Crippen molar-refractivity contribution in [3.8, 4) is 6.07 Å². The average Bonchev–Trinajstić information content (AvgIpc) is 3.03. The molecule has 1 aromatic heterocycles. The number of fused-ring (bicyclic) bond motifs is 1. The molecule has 0 unspecified atom stereocenters. The lowest BCUT2D eigenvalue weighted by atomic mass is 9.98. The van der Waals surface area contributed by atoms with Gasteiger partial charge in [-0.05, 0) is 43.9 Å². The molecule has 0 aliphatic heterocycles. The summed E-state index contributed by atoms with van der Waals surface area (Å²) in [6.07, 6.45) is 2.96. The maximum absolute atomic E-state index is 9.11. The summed E-state index contributed by atoms with van der Waals surface area (Å²) in [6.45, 7) is 2.01. The predicted octanol–water partition coefficient (Wildman–Crippen LogP) is 2.73. The molecular weight excluding hydrogens is 210 g/mol. The molecule has 17 heavy (non-hydrogen) atoms. The highest BCUT2D eigenvalue weighted by Crippen LogP contribution is 2.47. The van der Waals surface area contributed by atoms with Crippen molar-refractivity contribution in [3.05, 3.63) is 29.6 Å². The minimum Gasteiger partial charge on any atom is -0.331 e. The van der Waals surface area contributed by atoms with Gasteiger partial charge in [-0.2, -0.15) is 5.26 Å². The van der Waals surface area contributed by atoms with E-state index in [-0.39, 0.29) is 5.41 Å². The molecule has 3 heteroatoms. The summed E-state index contributed by atoms with van der Waals surface area (Å²) in [4.78, 5) is 4.53. The zero-order valence-corrected chi connectivity index (χ0v) is 10.2. The van der Waals surface area contributed by atoms with E-state index in [0.29, 0.717) is 0 Å². The fourth-order valence-corrected chi connectivity index (χ4v) is 2.35. The van der Waals surface area contributed by atoms with Gasteiger partial charge in [0.1, 0.15) is 5.82 Å². The van der Waals surface area contributed by atoms with E-state index in [1.807, 2.05) is 14.0 Å². The Morgan fingerprint density at radius 2 is 2.24 bits per heavy atom. The van der Waals surface area contributed by atoms with Crippen LogP contribution in [0.1, 0.15) is 24.2 Å². The Morgan fingerprint density at radius 3 is 2.88 bits per heavy atom. The first kappa shape index (κ1) is 10.3. The van der Waals surface area contributed by atoms with E-state index in [0.717, 1.165) is 36.1 Å². The molecule has 0 bridgehead atoms. The Bertz CT molecular complexity index is 627. The highest BCUT2D eigenvalue weighted by molar-refractivity contribution is 5.76. The van der Waals surface area contributed by atoms with E-state index in [4.69, 9.17) is 5.26 Å². The zero-order chi connectivity index (χ0) is 12.0. The van der Waals surface area contributed by atoms with Crippen LogP contribution in [0.3, 0.4) is 0 Å². The van der Waals surface area contributed by atoms with Gasteiger partial charge < -0.3 is 4.57 Å². The van der Waals surface area contributed by atoms with Crippen LogP contribution >= 0.6 is 0 Å². The lowest BCUT2D eigenvalue weighted by Gasteiger charge is -2.05. The van der Waals surface area contributed by atoms with Gasteiger partial charge >= 0.3 is 0 Å². The third kappa shape index (κ3) is 1.61. The smallest absolute Gasteiger partial charge is 0.106 e. The summed E-state index contributed by atoms with van der Waals surface area (Å²) in [5.41, 5.74) is 3.36. The number of imidazole rings is 1. The number of benzene rings is 1. The number of aromatic nitrogens is 2. The van der Waals surface area contributed by atoms with Gasteiger partial charge in [-0.1, -0.05) is 6.07 Å². The second-order valence-electron chi connectivity index (χ2n) is 5.11. The molecule has 0 saturated heterocycles. The second-order valence-corrected chi connectivity index (χ2v) is 5.11. The molecule has 2 aromatic rings. The number of nitriles is 1. The lowest BCUT2D eigenvalue weighted by molar-refractivity contribution is 0.665. The first-order chi connectivity index (χ1) is 8.13. The van der Waals surface area contributed by atoms with E-state index in [1.165, 1.54) is 5.56 Å². The molecule has 0 atom stereocenters. The van der Waals surface area contributed by atoms with Crippen LogP contribution in [0.15, 0.2) is 18.2 Å². The Hall–Kier alpha value is -1.82. The van der Waals surface area contributed by atoms with Crippen LogP contribution < -0.4 is 0 Å². The van der Waals surface area contributed by atoms with Gasteiger partial charge in [-0.15, -0.1) is 0 Å². The van der Waals surface area contributed by atoms with Gasteiger partial charge in [0.15, 0.2) is 0 Å². The number of hydrogen-bond acceptors (Lipinski definition) is 2. The monoisotopic (exact) mass is 225 g/mol. The third-order valence-corrected chi connectivity index (χ3v) is 3.80. The highest BCUT2D eigenvalue weighted by atomic mass is 15.0. The number of rotatable bonds is 2. The number of aryl methyl sites for hydroxylation is 2. The van der Waals surface area contributed by atoms with Crippen LogP contribution in [-0.2, 0) is 13.5 Å². The second kappa shape index (κ2) is 3.33. The summed E-state index contributed by atoms with van der Waals surface area (Å²) in [7, 11) is 2.03. The Labute approximate surface area is 101 Å². The summed E-state index contributed by atoms with van der Waals surface area (Å²) in [5.74, 6) is 1.03. The molecule has 0 spiro atoms. The summed E-state index contributed by atoms with van der Waals surface area (Å²) < 4.78 is 2.09. The molecule has 86 valence electrons. The van der Waals surface area contributed by atoms with Crippen molar-refractivity contribution in [1.29, 1.82) is 5.26 Å². The number of nitrogens with zero attached hydrogens (tertiary/aromatic N) is 3. The average molecular weight is 225 g/mol. The van der Waals surface area contributed by atoms with Crippen LogP contribution in [-0.4, -0.2) is 9.55 Å². The molecule has 1 aliphatic carbocycles. The summed E-state index contributed by atoms with van der Waals surface area (Å²) >= 11 is 0. The zero-order valence-electron chi connectivity index (χ0n) is 10.2. The quantitative estimate of drug-likeness (QED) is 0.788. The number of hydrogen-bond donors (Lipinski definition) is 0. The van der Waals surface area contributed by atoms with Gasteiger partial charge in [-0.3, -0.25) is 0 Å². The van der Waals surface area contributed by atoms with Crippen LogP contribution in [0.4, 0.5) is 0 Å². The van der Waals surface area contributed by atoms with E-state index in [2.05, 4.69) is 33.8 Å². The third-order valence-electron chi connectivity index (χ3n) is 3.80. The van der Waals surface area contributed by atoms with Gasteiger partial charge in [0.2, 0.25) is 0 Å². The summed E-state index contributed by atoms with van der Waals surface area (Å²) in [5, 5.41) is 9.11. The largest absolute Gasteiger partial charge is 0.331 e. The Balaban J connectivity index is 2.00. The van der Waals surface area contributed by atoms with Crippen molar-refractivity contribution in [3.63, 3.8) is 0 Å². The van der Waals surface area contributed by atoms with Crippen LogP contribution in [0, 0.1) is 23.7 Å². The van der Waals surface area contributed by atoms with Crippen LogP contribution in [0.2, 0.25) is 0 Å². The van der Waals surface area contributed by atoms with E-state index < -0.39 is 0 Å². The molecule has 0 N–H and O–H groups in total. The van der Waals surface area contributed by atoms with Gasteiger partial charge in [0.05, 0.1) is 22.5 Å². The van der Waals surface area contributed by atoms with Crippen LogP contribution in [0.25, 0.3) is 11.0 Å². The van der Waals surface area contributed by atoms with Gasteiger partial charge in [-0.25, -0.2) is 4.98 Å². The molecule has 1 heterocycles. The molecule has 0 radical (unpaired) electrons. The van der Waals surface area contributed by atoms with Gasteiger partial charge in [0, 0.05) is 7.05 Å². The van der Waals surface area contributed by atoms with E-state index in [1.54, 1.807) is 0 Å². The van der Waals surface area contributed by atoms with Crippen molar-refractivity contribution in [2.24, 2.45) is 12.5 Å². The van der Waals surface area contributed by atoms with E-state index >= 15 is 0 Å². The van der Waals surface area contributed by atoms with Crippen LogP contribution in [0.5, 0.6) is 0 Å². The molecule has 3 nitrogen and oxygen atoms in total. The van der Waals surface area contributed by atoms with Crippen molar-refractivity contribution >= 4 is 11.0 Å². The highest BCUT2D eigenvalue weighted by Gasteiger charge is 2.42. The maximum atomic E-state index is 9.11. The normalized spacial score (nSPS) is 17.0. The minimum atomic E-state index is -0.0719. The van der Waals surface area contributed by atoms with Crippen molar-refractivity contribution in [2.45, 2.75) is 26.2 Å². The Morgan fingerprint density at radius 1 is 1.47 bits per heavy atom. The van der Waals surface area contributed by atoms with Gasteiger partial charge in [0.25, 0.3) is 0 Å². The molecule has 1 saturated carbocycles. The molecule has 1 fully saturated rings. The topological polar surface area (TPSA) is 41.6 Å². The first-order valence-electron chi connectivity index (χ1n) is 5.97. The van der Waals surface area contributed by atoms with Crippen molar-refractivity contribution in [1.82, 2.24) is 9.55 Å². The van der Waals surface area contributed by atoms with Crippen molar-refractivity contribution in [2.75, 3.05) is 0 Å². The molecule has 0 amide bonds. The van der Waals surface area contributed by atoms with E-state index in [9.17, 15) is 0 Å². The fourth-order valence-electron chi connectivity index (χ4n) is 2.35. The summed E-state index contributed by atoms with van der Waals surface area (Å²) in [6, 6.07) is 8.80. The first-order valence-corrected chi connectivity index (χ1v) is 5.97. The molecule has 1 aliphatic rings. The molecule has 3 rings (SSSR count). The SMILES string of the molecule is Cc1nc2cc(CC3(C#N)CC3)ccc2n1C.